The van der Waals surface area contributed by atoms with Gasteiger partial charge in [0.25, 0.3) is 0 Å². The van der Waals surface area contributed by atoms with Gasteiger partial charge in [0.05, 0.1) is 29.5 Å². The SMILES string of the molecule is CCO[C@@H](C1C[C@@H](C)[C@H]2C(O1)[C@H](O)[C@@]1(N)C3CC[C@H]4C(C)(C)[C@@H](OC(=O)N5CC(NC)C5)CC[C@@]45C[C@@]35CC[C@]21C)C(C)(C)O. The number of likely N-dealkylation sites (tertiary alicyclic amines) is 1. The number of aliphatic hydroxyl groups excluding tert-OH is 1. The number of nitrogens with one attached hydrogen (secondary N) is 1. The van der Waals surface area contributed by atoms with Crippen molar-refractivity contribution in [3.63, 3.8) is 0 Å². The molecule has 1 amide bonds. The molecule has 0 aromatic rings. The third kappa shape index (κ3) is 4.16. The highest BCUT2D eigenvalue weighted by molar-refractivity contribution is 5.69. The lowest BCUT2D eigenvalue weighted by Gasteiger charge is -2.63. The third-order valence-electron chi connectivity index (χ3n) is 15.4. The Morgan fingerprint density at radius 2 is 1.78 bits per heavy atom. The quantitative estimate of drug-likeness (QED) is 0.346. The lowest BCUT2D eigenvalue weighted by Crippen LogP contribution is -2.70. The predicted molar refractivity (Wildman–Crippen MR) is 171 cm³/mol. The summed E-state index contributed by atoms with van der Waals surface area (Å²) in [5, 5.41) is 26.7. The Morgan fingerprint density at radius 1 is 1.11 bits per heavy atom. The summed E-state index contributed by atoms with van der Waals surface area (Å²) in [5.74, 6) is 1.17. The molecule has 2 spiro atoms. The maximum absolute atomic E-state index is 13.1. The van der Waals surface area contributed by atoms with Crippen LogP contribution in [0.1, 0.15) is 99.8 Å². The molecule has 0 aromatic carbocycles. The largest absolute Gasteiger partial charge is 0.446 e. The smallest absolute Gasteiger partial charge is 0.410 e. The van der Waals surface area contributed by atoms with Gasteiger partial charge in [-0.2, -0.15) is 0 Å². The van der Waals surface area contributed by atoms with Crippen molar-refractivity contribution in [1.29, 1.82) is 0 Å². The fourth-order valence-corrected chi connectivity index (χ4v) is 13.3. The Hall–Kier alpha value is -0.970. The molecule has 9 heteroatoms. The van der Waals surface area contributed by atoms with E-state index in [0.29, 0.717) is 24.5 Å². The molecule has 0 radical (unpaired) electrons. The molecular weight excluding hydrogens is 570 g/mol. The lowest BCUT2D eigenvalue weighted by atomic mass is 9.43. The van der Waals surface area contributed by atoms with Gasteiger partial charge in [-0.05, 0) is 119 Å². The zero-order valence-electron chi connectivity index (χ0n) is 29.1. The van der Waals surface area contributed by atoms with Gasteiger partial charge in [-0.15, -0.1) is 0 Å². The van der Waals surface area contributed by atoms with E-state index in [-0.39, 0.29) is 57.9 Å². The average molecular weight is 632 g/mol. The summed E-state index contributed by atoms with van der Waals surface area (Å²) in [6, 6.07) is 0.365. The first-order valence-electron chi connectivity index (χ1n) is 18.1. The predicted octanol–water partition coefficient (Wildman–Crippen LogP) is 4.08. The van der Waals surface area contributed by atoms with Crippen LogP contribution < -0.4 is 11.1 Å². The van der Waals surface area contributed by atoms with Crippen LogP contribution in [0, 0.1) is 45.3 Å². The number of carbonyl (C=O) groups excluding carboxylic acids is 1. The number of nitrogens with zero attached hydrogens (tertiary/aromatic N) is 1. The molecule has 0 aromatic heterocycles. The van der Waals surface area contributed by atoms with Crippen LogP contribution in [0.3, 0.4) is 0 Å². The van der Waals surface area contributed by atoms with Gasteiger partial charge in [-0.25, -0.2) is 4.79 Å². The molecule has 2 saturated heterocycles. The van der Waals surface area contributed by atoms with Crippen molar-refractivity contribution >= 4 is 6.09 Å². The first-order chi connectivity index (χ1) is 21.0. The summed E-state index contributed by atoms with van der Waals surface area (Å²) >= 11 is 0. The van der Waals surface area contributed by atoms with Gasteiger partial charge in [-0.3, -0.25) is 0 Å². The number of ether oxygens (including phenoxy) is 3. The number of aliphatic hydroxyl groups is 2. The Bertz CT molecular complexity index is 1190. The molecule has 7 aliphatic rings. The van der Waals surface area contributed by atoms with Crippen LogP contribution in [0.25, 0.3) is 0 Å². The Balaban J connectivity index is 1.13. The van der Waals surface area contributed by atoms with Crippen LogP contribution >= 0.6 is 0 Å². The Kier molecular flexibility index (Phi) is 7.43. The van der Waals surface area contributed by atoms with E-state index in [1.165, 1.54) is 6.42 Å². The van der Waals surface area contributed by atoms with Crippen LogP contribution in [-0.2, 0) is 14.2 Å². The van der Waals surface area contributed by atoms with Crippen molar-refractivity contribution in [3.8, 4) is 0 Å². The number of carbonyl (C=O) groups is 1. The van der Waals surface area contributed by atoms with Crippen LogP contribution in [0.5, 0.6) is 0 Å². The molecule has 7 fully saturated rings. The summed E-state index contributed by atoms with van der Waals surface area (Å²) in [5.41, 5.74) is 5.97. The molecule has 2 heterocycles. The highest BCUT2D eigenvalue weighted by Crippen LogP contribution is 2.87. The Labute approximate surface area is 270 Å². The third-order valence-corrected chi connectivity index (χ3v) is 15.4. The van der Waals surface area contributed by atoms with E-state index in [4.69, 9.17) is 19.9 Å². The van der Waals surface area contributed by atoms with E-state index in [0.717, 1.165) is 58.0 Å². The number of nitrogens with two attached hydrogens (primary N) is 1. The highest BCUT2D eigenvalue weighted by Gasteiger charge is 2.85. The van der Waals surface area contributed by atoms with Crippen LogP contribution in [-0.4, -0.2) is 95.7 Å². The summed E-state index contributed by atoms with van der Waals surface area (Å²) in [4.78, 5) is 14.9. The number of rotatable bonds is 6. The van der Waals surface area contributed by atoms with E-state index >= 15 is 0 Å². The molecule has 256 valence electrons. The molecule has 2 aliphatic heterocycles. The van der Waals surface area contributed by atoms with E-state index in [1.807, 2.05) is 18.9 Å². The monoisotopic (exact) mass is 631 g/mol. The first kappa shape index (κ1) is 32.6. The van der Waals surface area contributed by atoms with E-state index < -0.39 is 23.3 Å². The normalized spacial score (nSPS) is 50.7. The standard InChI is InChI=1S/C36H61N3O6/c1-9-43-29(32(5,6)42)22-16-20(2)26-27(44-22)28(40)36(37)24-11-10-23-31(3,4)25(45-30(41)39-17-21(18-39)38-8)12-13-34(23)19-35(24,34)15-14-33(26,36)7/h20-29,38,40,42H,9-19,37H2,1-8H3/t20-,22?,23+,24?,25+,26+,27?,28+,29+,33-,34-,35+,36+/m1/s1. The fourth-order valence-electron chi connectivity index (χ4n) is 13.3. The Morgan fingerprint density at radius 3 is 2.42 bits per heavy atom. The zero-order chi connectivity index (χ0) is 32.5. The van der Waals surface area contributed by atoms with Crippen molar-refractivity contribution in [2.75, 3.05) is 26.7 Å². The van der Waals surface area contributed by atoms with Gasteiger partial charge in [-0.1, -0.05) is 27.7 Å². The number of fused-ring (bicyclic) bond motifs is 4. The number of amides is 1. The van der Waals surface area contributed by atoms with Gasteiger partial charge in [0.15, 0.2) is 0 Å². The van der Waals surface area contributed by atoms with E-state index in [1.54, 1.807) is 13.8 Å². The number of hydrogen-bond donors (Lipinski definition) is 4. The minimum Gasteiger partial charge on any atom is -0.446 e. The summed E-state index contributed by atoms with van der Waals surface area (Å²) in [7, 11) is 1.94. The molecule has 0 bridgehead atoms. The van der Waals surface area contributed by atoms with E-state index in [2.05, 4.69) is 33.0 Å². The second kappa shape index (κ2) is 10.3. The lowest BCUT2D eigenvalue weighted by molar-refractivity contribution is -0.214. The number of likely N-dealkylation sites (N-methyl/N-ethyl adjacent to an activating group) is 1. The minimum atomic E-state index is -1.05. The minimum absolute atomic E-state index is 0.0793. The van der Waals surface area contributed by atoms with Crippen LogP contribution in [0.4, 0.5) is 4.79 Å². The van der Waals surface area contributed by atoms with Gasteiger partial charge in [0.2, 0.25) is 0 Å². The van der Waals surface area contributed by atoms with Crippen LogP contribution in [0.2, 0.25) is 0 Å². The number of hydrogen-bond acceptors (Lipinski definition) is 8. The second-order valence-electron chi connectivity index (χ2n) is 18.0. The average Bonchev–Trinajstić information content (AvgIpc) is 3.57. The van der Waals surface area contributed by atoms with Crippen LogP contribution in [0.15, 0.2) is 0 Å². The molecule has 9 nitrogen and oxygen atoms in total. The molecule has 5 N–H and O–H groups in total. The van der Waals surface area contributed by atoms with Gasteiger partial charge < -0.3 is 40.4 Å². The van der Waals surface area contributed by atoms with Crippen molar-refractivity contribution in [2.45, 2.75) is 148 Å². The summed E-state index contributed by atoms with van der Waals surface area (Å²) in [6.07, 6.45) is 6.02. The maximum Gasteiger partial charge on any atom is 0.410 e. The summed E-state index contributed by atoms with van der Waals surface area (Å²) in [6.45, 7) is 16.8. The van der Waals surface area contributed by atoms with Gasteiger partial charge in [0.1, 0.15) is 12.2 Å². The van der Waals surface area contributed by atoms with E-state index in [9.17, 15) is 15.0 Å². The summed E-state index contributed by atoms with van der Waals surface area (Å²) < 4.78 is 19.2. The molecule has 5 aliphatic carbocycles. The second-order valence-corrected chi connectivity index (χ2v) is 18.0. The topological polar surface area (TPSA) is 127 Å². The molecule has 13 atom stereocenters. The van der Waals surface area contributed by atoms with Gasteiger partial charge >= 0.3 is 6.09 Å². The molecule has 3 unspecified atom stereocenters. The molecule has 7 rings (SSSR count). The van der Waals surface area contributed by atoms with Gasteiger partial charge in [0, 0.05) is 31.2 Å². The first-order valence-corrected chi connectivity index (χ1v) is 18.1. The molecular formula is C36H61N3O6. The fraction of sp³-hybridized carbons (Fsp3) is 0.972. The van der Waals surface area contributed by atoms with Crippen molar-refractivity contribution in [3.05, 3.63) is 0 Å². The molecule has 5 saturated carbocycles. The van der Waals surface area contributed by atoms with Crippen molar-refractivity contribution in [1.82, 2.24) is 10.2 Å². The maximum atomic E-state index is 13.1. The molecule has 45 heavy (non-hydrogen) atoms. The van der Waals surface area contributed by atoms with Crippen molar-refractivity contribution in [2.24, 2.45) is 51.1 Å². The zero-order valence-corrected chi connectivity index (χ0v) is 29.1. The highest BCUT2D eigenvalue weighted by atomic mass is 16.6. The van der Waals surface area contributed by atoms with Crippen molar-refractivity contribution < 1.29 is 29.2 Å².